The van der Waals surface area contributed by atoms with Crippen molar-refractivity contribution in [3.05, 3.63) is 38.7 Å². The summed E-state index contributed by atoms with van der Waals surface area (Å²) in [6, 6.07) is 4.83. The molecule has 1 heterocycles. The van der Waals surface area contributed by atoms with Crippen LogP contribution in [-0.4, -0.2) is 4.98 Å². The number of fused-ring (bicyclic) bond motifs is 1. The lowest BCUT2D eigenvalue weighted by Gasteiger charge is -2.03. The molecule has 1 aromatic carbocycles. The summed E-state index contributed by atoms with van der Waals surface area (Å²) in [7, 11) is 0. The number of hydrogen-bond acceptors (Lipinski definition) is 1. The molecule has 0 spiro atoms. The van der Waals surface area contributed by atoms with E-state index in [4.69, 9.17) is 23.2 Å². The minimum Gasteiger partial charge on any atom is -0.241 e. The Bertz CT molecular complexity index is 516. The van der Waals surface area contributed by atoms with Crippen LogP contribution >= 0.6 is 39.1 Å². The maximum atomic E-state index is 13.3. The fourth-order valence-corrected chi connectivity index (χ4v) is 1.98. The maximum Gasteiger partial charge on any atom is 0.161 e. The number of pyridine rings is 1. The molecular formula is C9H3BrCl2FN. The van der Waals surface area contributed by atoms with E-state index in [1.807, 2.05) is 0 Å². The van der Waals surface area contributed by atoms with Gasteiger partial charge < -0.3 is 0 Å². The van der Waals surface area contributed by atoms with E-state index in [1.54, 1.807) is 12.1 Å². The molecule has 0 fully saturated rings. The number of nitrogens with zero attached hydrogens (tertiary/aromatic N) is 1. The molecule has 0 unspecified atom stereocenters. The van der Waals surface area contributed by atoms with Gasteiger partial charge in [-0.3, -0.25) is 0 Å². The van der Waals surface area contributed by atoms with Crippen LogP contribution in [0.25, 0.3) is 10.9 Å². The molecule has 0 aliphatic heterocycles. The summed E-state index contributed by atoms with van der Waals surface area (Å²) in [6.07, 6.45) is 0. The molecule has 0 aliphatic rings. The second kappa shape index (κ2) is 3.65. The molecule has 1 aromatic heterocycles. The van der Waals surface area contributed by atoms with Crippen LogP contribution in [-0.2, 0) is 0 Å². The predicted octanol–water partition coefficient (Wildman–Crippen LogP) is 4.44. The summed E-state index contributed by atoms with van der Waals surface area (Å²) in [4.78, 5) is 4.12. The molecule has 1 nitrogen and oxygen atoms in total. The van der Waals surface area contributed by atoms with Crippen LogP contribution in [0.1, 0.15) is 0 Å². The van der Waals surface area contributed by atoms with Gasteiger partial charge in [-0.15, -0.1) is 0 Å². The lowest BCUT2D eigenvalue weighted by Crippen LogP contribution is -1.86. The molecule has 0 radical (unpaired) electrons. The summed E-state index contributed by atoms with van der Waals surface area (Å²) in [5.74, 6) is -0.607. The van der Waals surface area contributed by atoms with Gasteiger partial charge in [-0.25, -0.2) is 9.37 Å². The minimum atomic E-state index is -0.607. The molecule has 0 aliphatic carbocycles. The van der Waals surface area contributed by atoms with Crippen molar-refractivity contribution in [1.82, 2.24) is 4.98 Å². The zero-order valence-electron chi connectivity index (χ0n) is 6.69. The molecular weight excluding hydrogens is 292 g/mol. The van der Waals surface area contributed by atoms with Gasteiger partial charge in [0.25, 0.3) is 0 Å². The van der Waals surface area contributed by atoms with Crippen molar-refractivity contribution in [3.8, 4) is 0 Å². The van der Waals surface area contributed by atoms with Gasteiger partial charge >= 0.3 is 0 Å². The van der Waals surface area contributed by atoms with Crippen LogP contribution in [0.15, 0.2) is 22.8 Å². The van der Waals surface area contributed by atoms with E-state index in [0.29, 0.717) is 15.5 Å². The van der Waals surface area contributed by atoms with Crippen LogP contribution in [0.4, 0.5) is 4.39 Å². The smallest absolute Gasteiger partial charge is 0.161 e. The van der Waals surface area contributed by atoms with E-state index in [9.17, 15) is 4.39 Å². The zero-order valence-corrected chi connectivity index (χ0v) is 9.79. The first-order valence-electron chi connectivity index (χ1n) is 3.69. The molecule has 0 atom stereocenters. The van der Waals surface area contributed by atoms with Crippen molar-refractivity contribution in [3.63, 3.8) is 0 Å². The molecule has 72 valence electrons. The van der Waals surface area contributed by atoms with E-state index >= 15 is 0 Å². The maximum absolute atomic E-state index is 13.3. The molecule has 0 N–H and O–H groups in total. The summed E-state index contributed by atoms with van der Waals surface area (Å²) in [5.41, 5.74) is 0.566. The third kappa shape index (κ3) is 1.60. The minimum absolute atomic E-state index is 0.00694. The lowest BCUT2D eigenvalue weighted by molar-refractivity contribution is 0.630. The van der Waals surface area contributed by atoms with Gasteiger partial charge in [0.2, 0.25) is 0 Å². The molecule has 2 rings (SSSR count). The SMILES string of the molecule is Fc1c(Cl)cc2nc(Br)ccc2c1Cl. The summed E-state index contributed by atoms with van der Waals surface area (Å²) in [5, 5.41) is 0.539. The Balaban J connectivity index is 2.91. The quantitative estimate of drug-likeness (QED) is 0.517. The van der Waals surface area contributed by atoms with Gasteiger partial charge in [0.05, 0.1) is 15.6 Å². The second-order valence-electron chi connectivity index (χ2n) is 2.69. The second-order valence-corrected chi connectivity index (χ2v) is 4.28. The number of aromatic nitrogens is 1. The van der Waals surface area contributed by atoms with Crippen molar-refractivity contribution in [2.24, 2.45) is 0 Å². The average Bonchev–Trinajstić information content (AvgIpc) is 2.14. The lowest BCUT2D eigenvalue weighted by atomic mass is 10.2. The number of benzene rings is 1. The fraction of sp³-hybridized carbons (Fsp3) is 0. The van der Waals surface area contributed by atoms with Gasteiger partial charge in [0.15, 0.2) is 5.82 Å². The van der Waals surface area contributed by atoms with Gasteiger partial charge in [0, 0.05) is 5.39 Å². The summed E-state index contributed by atoms with van der Waals surface area (Å²) < 4.78 is 13.9. The third-order valence-corrected chi connectivity index (χ3v) is 2.88. The topological polar surface area (TPSA) is 12.9 Å². The van der Waals surface area contributed by atoms with Gasteiger partial charge in [0.1, 0.15) is 4.60 Å². The van der Waals surface area contributed by atoms with Crippen LogP contribution in [0.2, 0.25) is 10.0 Å². The van der Waals surface area contributed by atoms with Gasteiger partial charge in [-0.05, 0) is 34.1 Å². The Morgan fingerprint density at radius 3 is 2.71 bits per heavy atom. The molecule has 0 saturated carbocycles. The van der Waals surface area contributed by atoms with Crippen molar-refractivity contribution < 1.29 is 4.39 Å². The van der Waals surface area contributed by atoms with Crippen LogP contribution in [0.5, 0.6) is 0 Å². The van der Waals surface area contributed by atoms with Crippen molar-refractivity contribution in [2.75, 3.05) is 0 Å². The molecule has 5 heteroatoms. The Hall–Kier alpha value is -0.380. The normalized spacial score (nSPS) is 10.9. The van der Waals surface area contributed by atoms with E-state index < -0.39 is 5.82 Å². The molecule has 14 heavy (non-hydrogen) atoms. The molecule has 0 saturated heterocycles. The van der Waals surface area contributed by atoms with Crippen molar-refractivity contribution >= 4 is 50.0 Å². The average molecular weight is 295 g/mol. The first kappa shape index (κ1) is 10.1. The predicted molar refractivity (Wildman–Crippen MR) is 59.4 cm³/mol. The summed E-state index contributed by atoms with van der Waals surface area (Å²) in [6.45, 7) is 0. The molecule has 0 amide bonds. The van der Waals surface area contributed by atoms with E-state index in [2.05, 4.69) is 20.9 Å². The van der Waals surface area contributed by atoms with Crippen molar-refractivity contribution in [2.45, 2.75) is 0 Å². The van der Waals surface area contributed by atoms with Crippen LogP contribution in [0, 0.1) is 5.82 Å². The number of hydrogen-bond donors (Lipinski definition) is 0. The van der Waals surface area contributed by atoms with E-state index in [1.165, 1.54) is 6.07 Å². The highest BCUT2D eigenvalue weighted by Gasteiger charge is 2.10. The monoisotopic (exact) mass is 293 g/mol. The van der Waals surface area contributed by atoms with E-state index in [-0.39, 0.29) is 10.0 Å². The number of rotatable bonds is 0. The van der Waals surface area contributed by atoms with Crippen LogP contribution < -0.4 is 0 Å². The summed E-state index contributed by atoms with van der Waals surface area (Å²) >= 11 is 14.6. The first-order chi connectivity index (χ1) is 6.59. The highest BCUT2D eigenvalue weighted by molar-refractivity contribution is 9.10. The van der Waals surface area contributed by atoms with Gasteiger partial charge in [-0.1, -0.05) is 23.2 Å². The highest BCUT2D eigenvalue weighted by atomic mass is 79.9. The Kier molecular flexibility index (Phi) is 2.64. The largest absolute Gasteiger partial charge is 0.241 e. The van der Waals surface area contributed by atoms with E-state index in [0.717, 1.165) is 0 Å². The Morgan fingerprint density at radius 2 is 2.00 bits per heavy atom. The first-order valence-corrected chi connectivity index (χ1v) is 5.24. The van der Waals surface area contributed by atoms with Gasteiger partial charge in [-0.2, -0.15) is 0 Å². The Morgan fingerprint density at radius 1 is 1.29 bits per heavy atom. The standard InChI is InChI=1S/C9H3BrCl2FN/c10-7-2-1-4-6(14-7)3-5(11)9(13)8(4)12/h1-3H. The highest BCUT2D eigenvalue weighted by Crippen LogP contribution is 2.31. The third-order valence-electron chi connectivity index (χ3n) is 1.79. The number of halogens is 4. The van der Waals surface area contributed by atoms with Crippen LogP contribution in [0.3, 0.4) is 0 Å². The molecule has 0 bridgehead atoms. The van der Waals surface area contributed by atoms with Crippen molar-refractivity contribution in [1.29, 1.82) is 0 Å². The fourth-order valence-electron chi connectivity index (χ4n) is 1.15. The Labute approximate surface area is 98.0 Å². The zero-order chi connectivity index (χ0) is 10.3. The molecule has 2 aromatic rings.